The number of rotatable bonds is 11. The number of hydrogen-bond donors (Lipinski definition) is 2. The largest absolute Gasteiger partial charge is 0.494 e. The van der Waals surface area contributed by atoms with Gasteiger partial charge in [0.05, 0.1) is 19.4 Å². The molecule has 3 aromatic carbocycles. The van der Waals surface area contributed by atoms with Crippen molar-refractivity contribution in [3.63, 3.8) is 0 Å². The van der Waals surface area contributed by atoms with Crippen molar-refractivity contribution in [3.8, 4) is 17.2 Å². The lowest BCUT2D eigenvalue weighted by Gasteiger charge is -2.14. The molecule has 0 aliphatic carbocycles. The number of anilines is 1. The maximum Gasteiger partial charge on any atom is 0.307 e. The van der Waals surface area contributed by atoms with Crippen LogP contribution in [0.3, 0.4) is 0 Å². The van der Waals surface area contributed by atoms with Crippen LogP contribution >= 0.6 is 15.9 Å². The van der Waals surface area contributed by atoms with Gasteiger partial charge in [-0.05, 0) is 78.3 Å². The van der Waals surface area contributed by atoms with Crippen molar-refractivity contribution >= 4 is 50.6 Å². The van der Waals surface area contributed by atoms with Gasteiger partial charge < -0.3 is 23.9 Å². The smallest absolute Gasteiger partial charge is 0.307 e. The molecule has 0 saturated heterocycles. The van der Waals surface area contributed by atoms with E-state index >= 15 is 0 Å². The summed E-state index contributed by atoms with van der Waals surface area (Å²) in [4.78, 5) is 24.8. The number of para-hydroxylation sites is 1. The average Bonchev–Trinajstić information content (AvgIpc) is 3.34. The summed E-state index contributed by atoms with van der Waals surface area (Å²) in [6.07, 6.45) is 1.46. The molecule has 0 bridgehead atoms. The lowest BCUT2D eigenvalue weighted by Crippen LogP contribution is -2.20. The number of benzene rings is 3. The Morgan fingerprint density at radius 2 is 1.71 bits per heavy atom. The number of amides is 2. The van der Waals surface area contributed by atoms with Gasteiger partial charge in [0.1, 0.15) is 11.3 Å². The highest BCUT2D eigenvalue weighted by molar-refractivity contribution is 9.10. The zero-order valence-corrected chi connectivity index (χ0v) is 22.4. The molecule has 0 radical (unpaired) electrons. The van der Waals surface area contributed by atoms with E-state index in [4.69, 9.17) is 18.6 Å². The second kappa shape index (κ2) is 12.8. The molecule has 0 atom stereocenters. The van der Waals surface area contributed by atoms with Gasteiger partial charge in [0.2, 0.25) is 0 Å². The number of ether oxygens (including phenoxy) is 3. The van der Waals surface area contributed by atoms with Crippen LogP contribution < -0.4 is 25.0 Å². The van der Waals surface area contributed by atoms with E-state index in [2.05, 4.69) is 31.8 Å². The van der Waals surface area contributed by atoms with Gasteiger partial charge in [-0.25, -0.2) is 5.43 Å². The maximum absolute atomic E-state index is 12.6. The van der Waals surface area contributed by atoms with Gasteiger partial charge in [0, 0.05) is 21.1 Å². The number of nitrogens with one attached hydrogen (secondary N) is 2. The third kappa shape index (κ3) is 6.92. The lowest BCUT2D eigenvalue weighted by atomic mass is 10.2. The van der Waals surface area contributed by atoms with Crippen LogP contribution in [0.25, 0.3) is 11.0 Å². The predicted octanol–water partition coefficient (Wildman–Crippen LogP) is 5.77. The summed E-state index contributed by atoms with van der Waals surface area (Å²) in [5.74, 6) is 0.835. The van der Waals surface area contributed by atoms with Gasteiger partial charge in [0.15, 0.2) is 23.9 Å². The molecule has 0 aliphatic rings. The molecule has 1 heterocycles. The van der Waals surface area contributed by atoms with Crippen LogP contribution in [0.2, 0.25) is 0 Å². The number of carbonyl (C=O) groups is 2. The Balaban J connectivity index is 1.41. The Bertz CT molecular complexity index is 1450. The number of fused-ring (bicyclic) bond motifs is 1. The van der Waals surface area contributed by atoms with E-state index in [1.54, 1.807) is 42.5 Å². The maximum atomic E-state index is 12.6. The van der Waals surface area contributed by atoms with Gasteiger partial charge in [-0.1, -0.05) is 18.2 Å². The van der Waals surface area contributed by atoms with Crippen molar-refractivity contribution in [1.29, 1.82) is 0 Å². The van der Waals surface area contributed by atoms with Crippen LogP contribution in [0.15, 0.2) is 80.7 Å². The van der Waals surface area contributed by atoms with Crippen molar-refractivity contribution in [1.82, 2.24) is 5.43 Å². The molecule has 2 amide bonds. The highest BCUT2D eigenvalue weighted by Crippen LogP contribution is 2.33. The molecule has 2 N–H and O–H groups in total. The van der Waals surface area contributed by atoms with E-state index in [0.717, 1.165) is 5.39 Å². The Morgan fingerprint density at radius 3 is 2.47 bits per heavy atom. The van der Waals surface area contributed by atoms with E-state index in [1.165, 1.54) is 6.21 Å². The number of nitrogens with zero attached hydrogens (tertiary/aromatic N) is 1. The number of halogens is 1. The third-order valence-electron chi connectivity index (χ3n) is 5.17. The fourth-order valence-electron chi connectivity index (χ4n) is 3.50. The topological polar surface area (TPSA) is 111 Å². The summed E-state index contributed by atoms with van der Waals surface area (Å²) in [5, 5.41) is 7.57. The Kier molecular flexibility index (Phi) is 8.99. The fourth-order valence-corrected chi connectivity index (χ4v) is 3.92. The zero-order valence-electron chi connectivity index (χ0n) is 20.8. The second-order valence-corrected chi connectivity index (χ2v) is 8.75. The number of hydrogen-bond acceptors (Lipinski definition) is 7. The van der Waals surface area contributed by atoms with E-state index in [9.17, 15) is 9.59 Å². The first-order valence-electron chi connectivity index (χ1n) is 11.9. The number of carbonyl (C=O) groups excluding carboxylic acids is 2. The summed E-state index contributed by atoms with van der Waals surface area (Å²) < 4.78 is 23.1. The zero-order chi connectivity index (χ0) is 26.9. The second-order valence-electron chi connectivity index (χ2n) is 7.90. The summed E-state index contributed by atoms with van der Waals surface area (Å²) >= 11 is 3.48. The molecule has 0 saturated carbocycles. The minimum Gasteiger partial charge on any atom is -0.494 e. The summed E-state index contributed by atoms with van der Waals surface area (Å²) in [7, 11) is 0. The van der Waals surface area contributed by atoms with Gasteiger partial charge in [-0.2, -0.15) is 5.10 Å². The molecular weight excluding hydrogens is 554 g/mol. The lowest BCUT2D eigenvalue weighted by molar-refractivity contribution is -0.118. The highest BCUT2D eigenvalue weighted by Gasteiger charge is 2.14. The van der Waals surface area contributed by atoms with Gasteiger partial charge >= 0.3 is 5.91 Å². The van der Waals surface area contributed by atoms with Crippen molar-refractivity contribution in [2.45, 2.75) is 13.8 Å². The Hall–Kier alpha value is -4.31. The molecule has 1 aromatic heterocycles. The van der Waals surface area contributed by atoms with Crippen LogP contribution in [0.4, 0.5) is 5.69 Å². The molecule has 9 nitrogen and oxygen atoms in total. The molecule has 196 valence electrons. The Labute approximate surface area is 227 Å². The van der Waals surface area contributed by atoms with Crippen LogP contribution in [0.5, 0.6) is 17.2 Å². The molecule has 0 spiro atoms. The standard InChI is InChI=1S/C28H26BrN3O6/c1-3-35-21-10-11-23-18(12-21)13-26(38-23)28(34)32-30-16-19-14-24(36-4-2)25(15-22(19)29)37-17-27(33)31-20-8-6-5-7-9-20/h5-16H,3-4,17H2,1-2H3,(H,31,33)(H,32,34)/b30-16+. The van der Waals surface area contributed by atoms with Gasteiger partial charge in [-0.3, -0.25) is 9.59 Å². The average molecular weight is 580 g/mol. The van der Waals surface area contributed by atoms with Gasteiger partial charge in [-0.15, -0.1) is 0 Å². The molecule has 38 heavy (non-hydrogen) atoms. The summed E-state index contributed by atoms with van der Waals surface area (Å²) in [6.45, 7) is 4.47. The van der Waals surface area contributed by atoms with Gasteiger partial charge in [0.25, 0.3) is 5.91 Å². The van der Waals surface area contributed by atoms with E-state index in [1.807, 2.05) is 38.1 Å². The number of hydrazone groups is 1. The van der Waals surface area contributed by atoms with Crippen LogP contribution in [0.1, 0.15) is 30.0 Å². The van der Waals surface area contributed by atoms with Crippen LogP contribution in [0, 0.1) is 0 Å². The summed E-state index contributed by atoms with van der Waals surface area (Å²) in [6, 6.07) is 19.5. The molecule has 0 fully saturated rings. The van der Waals surface area contributed by atoms with E-state index in [-0.39, 0.29) is 18.3 Å². The molecule has 4 rings (SSSR count). The van der Waals surface area contributed by atoms with Crippen molar-refractivity contribution < 1.29 is 28.2 Å². The van der Waals surface area contributed by atoms with E-state index < -0.39 is 5.91 Å². The molecule has 0 unspecified atom stereocenters. The quantitative estimate of drug-likeness (QED) is 0.172. The molecule has 4 aromatic rings. The first kappa shape index (κ1) is 26.7. The minimum absolute atomic E-state index is 0.123. The predicted molar refractivity (Wildman–Crippen MR) is 148 cm³/mol. The monoisotopic (exact) mass is 579 g/mol. The minimum atomic E-state index is -0.499. The van der Waals surface area contributed by atoms with Crippen LogP contribution in [-0.2, 0) is 4.79 Å². The van der Waals surface area contributed by atoms with Crippen molar-refractivity contribution in [2.75, 3.05) is 25.1 Å². The highest BCUT2D eigenvalue weighted by atomic mass is 79.9. The third-order valence-corrected chi connectivity index (χ3v) is 5.86. The van der Waals surface area contributed by atoms with Crippen molar-refractivity contribution in [2.24, 2.45) is 5.10 Å². The number of furan rings is 1. The Morgan fingerprint density at radius 1 is 0.947 bits per heavy atom. The first-order valence-corrected chi connectivity index (χ1v) is 12.7. The normalized spacial score (nSPS) is 10.9. The van der Waals surface area contributed by atoms with E-state index in [0.29, 0.717) is 51.8 Å². The summed E-state index contributed by atoms with van der Waals surface area (Å²) in [5.41, 5.74) is 4.34. The SMILES string of the molecule is CCOc1ccc2oc(C(=O)N/N=C/c3cc(OCC)c(OCC(=O)Nc4ccccc4)cc3Br)cc2c1. The van der Waals surface area contributed by atoms with Crippen molar-refractivity contribution in [3.05, 3.63) is 82.5 Å². The molecular formula is C28H26BrN3O6. The fraction of sp³-hybridized carbons (Fsp3) is 0.179. The molecule has 0 aliphatic heterocycles. The molecule has 10 heteroatoms. The van der Waals surface area contributed by atoms with Crippen LogP contribution in [-0.4, -0.2) is 37.8 Å². The first-order chi connectivity index (χ1) is 18.5.